The maximum Gasteiger partial charge on any atom is 0.253 e. The number of piperidine rings is 1. The number of amides is 3. The Morgan fingerprint density at radius 1 is 1.10 bits per heavy atom. The van der Waals surface area contributed by atoms with Gasteiger partial charge in [-0.1, -0.05) is 35.9 Å². The molecule has 0 spiro atoms. The van der Waals surface area contributed by atoms with Crippen LogP contribution < -0.4 is 10.6 Å². The number of carbonyl (C=O) groups excluding carboxylic acids is 3. The molecule has 0 saturated carbocycles. The van der Waals surface area contributed by atoms with Crippen LogP contribution in [-0.4, -0.2) is 47.8 Å². The molecule has 1 saturated heterocycles. The van der Waals surface area contributed by atoms with E-state index in [9.17, 15) is 18.8 Å². The summed E-state index contributed by atoms with van der Waals surface area (Å²) in [5.41, 5.74) is 2.39. The molecule has 0 aliphatic carbocycles. The zero-order valence-electron chi connectivity index (χ0n) is 17.9. The lowest BCUT2D eigenvalue weighted by Gasteiger charge is -2.33. The third kappa shape index (κ3) is 6.38. The predicted octanol–water partition coefficient (Wildman–Crippen LogP) is 2.60. The Hall–Kier alpha value is -3.22. The van der Waals surface area contributed by atoms with E-state index in [1.807, 2.05) is 31.2 Å². The Balaban J connectivity index is 1.56. The molecule has 1 heterocycles. The van der Waals surface area contributed by atoms with Crippen molar-refractivity contribution >= 4 is 17.7 Å². The molecule has 1 fully saturated rings. The molecule has 0 bridgehead atoms. The van der Waals surface area contributed by atoms with Gasteiger partial charge < -0.3 is 15.5 Å². The van der Waals surface area contributed by atoms with E-state index in [0.717, 1.165) is 11.1 Å². The van der Waals surface area contributed by atoms with E-state index in [4.69, 9.17) is 0 Å². The summed E-state index contributed by atoms with van der Waals surface area (Å²) >= 11 is 0. The highest BCUT2D eigenvalue weighted by Crippen LogP contribution is 2.15. The molecule has 2 aromatic rings. The first-order chi connectivity index (χ1) is 14.8. The summed E-state index contributed by atoms with van der Waals surface area (Å²) < 4.78 is 13.4. The van der Waals surface area contributed by atoms with Crippen LogP contribution in [0.3, 0.4) is 0 Å². The second-order valence-corrected chi connectivity index (χ2v) is 8.03. The van der Waals surface area contributed by atoms with E-state index in [1.165, 1.54) is 25.1 Å². The molecule has 0 radical (unpaired) electrons. The first-order valence-corrected chi connectivity index (χ1v) is 10.5. The summed E-state index contributed by atoms with van der Waals surface area (Å²) in [6, 6.07) is 12.8. The van der Waals surface area contributed by atoms with Crippen molar-refractivity contribution in [3.05, 3.63) is 71.0 Å². The molecule has 6 nitrogen and oxygen atoms in total. The fourth-order valence-electron chi connectivity index (χ4n) is 3.86. The topological polar surface area (TPSA) is 78.5 Å². The summed E-state index contributed by atoms with van der Waals surface area (Å²) in [5, 5.41) is 5.76. The molecule has 1 atom stereocenters. The molecule has 164 valence electrons. The fourth-order valence-corrected chi connectivity index (χ4v) is 3.86. The van der Waals surface area contributed by atoms with Crippen molar-refractivity contribution in [3.8, 4) is 0 Å². The van der Waals surface area contributed by atoms with Gasteiger partial charge in [-0.3, -0.25) is 14.4 Å². The average Bonchev–Trinajstić information content (AvgIpc) is 2.73. The van der Waals surface area contributed by atoms with Gasteiger partial charge in [0.2, 0.25) is 11.8 Å². The van der Waals surface area contributed by atoms with Crippen molar-refractivity contribution in [3.63, 3.8) is 0 Å². The summed E-state index contributed by atoms with van der Waals surface area (Å²) in [6.45, 7) is 4.33. The van der Waals surface area contributed by atoms with E-state index in [-0.39, 0.29) is 23.8 Å². The molecule has 7 heteroatoms. The highest BCUT2D eigenvalue weighted by Gasteiger charge is 2.27. The van der Waals surface area contributed by atoms with Gasteiger partial charge >= 0.3 is 0 Å². The van der Waals surface area contributed by atoms with E-state index < -0.39 is 11.9 Å². The van der Waals surface area contributed by atoms with Crippen LogP contribution in [0.25, 0.3) is 0 Å². The number of nitrogens with zero attached hydrogens (tertiary/aromatic N) is 1. The second kappa shape index (κ2) is 10.2. The zero-order chi connectivity index (χ0) is 22.4. The molecule has 31 heavy (non-hydrogen) atoms. The van der Waals surface area contributed by atoms with Crippen LogP contribution in [0.5, 0.6) is 0 Å². The maximum absolute atomic E-state index is 13.4. The van der Waals surface area contributed by atoms with Gasteiger partial charge in [0.05, 0.1) is 0 Å². The van der Waals surface area contributed by atoms with E-state index >= 15 is 0 Å². The Morgan fingerprint density at radius 2 is 1.81 bits per heavy atom. The van der Waals surface area contributed by atoms with Crippen molar-refractivity contribution in [1.82, 2.24) is 15.5 Å². The van der Waals surface area contributed by atoms with Crippen LogP contribution >= 0.6 is 0 Å². The SMILES string of the molecule is CC(=O)NC(Cc1cccc(C)c1)C(=O)NC1CCN(C(=O)c2cccc(F)c2)CC1. The predicted molar refractivity (Wildman–Crippen MR) is 116 cm³/mol. The lowest BCUT2D eigenvalue weighted by molar-refractivity contribution is -0.128. The van der Waals surface area contributed by atoms with Crippen LogP contribution in [-0.2, 0) is 16.0 Å². The average molecular weight is 426 g/mol. The monoisotopic (exact) mass is 425 g/mol. The van der Waals surface area contributed by atoms with Gasteiger partial charge in [0, 0.05) is 38.0 Å². The van der Waals surface area contributed by atoms with Gasteiger partial charge in [-0.25, -0.2) is 4.39 Å². The van der Waals surface area contributed by atoms with Crippen LogP contribution in [0.1, 0.15) is 41.3 Å². The first kappa shape index (κ1) is 22.5. The number of aryl methyl sites for hydroxylation is 1. The van der Waals surface area contributed by atoms with Crippen molar-refractivity contribution in [2.24, 2.45) is 0 Å². The van der Waals surface area contributed by atoms with Crippen LogP contribution in [0.4, 0.5) is 4.39 Å². The largest absolute Gasteiger partial charge is 0.351 e. The Labute approximate surface area is 181 Å². The Morgan fingerprint density at radius 3 is 2.45 bits per heavy atom. The fraction of sp³-hybridized carbons (Fsp3) is 0.375. The van der Waals surface area contributed by atoms with Crippen molar-refractivity contribution < 1.29 is 18.8 Å². The van der Waals surface area contributed by atoms with Crippen molar-refractivity contribution in [2.45, 2.75) is 45.2 Å². The molecule has 0 aromatic heterocycles. The van der Waals surface area contributed by atoms with Crippen LogP contribution in [0.2, 0.25) is 0 Å². The second-order valence-electron chi connectivity index (χ2n) is 8.03. The highest BCUT2D eigenvalue weighted by atomic mass is 19.1. The maximum atomic E-state index is 13.4. The number of likely N-dealkylation sites (tertiary alicyclic amines) is 1. The summed E-state index contributed by atoms with van der Waals surface area (Å²) in [5.74, 6) is -1.14. The third-order valence-electron chi connectivity index (χ3n) is 5.42. The number of rotatable bonds is 6. The molecule has 1 aliphatic heterocycles. The van der Waals surface area contributed by atoms with Crippen LogP contribution in [0.15, 0.2) is 48.5 Å². The molecule has 2 N–H and O–H groups in total. The number of benzene rings is 2. The van der Waals surface area contributed by atoms with E-state index in [1.54, 1.807) is 11.0 Å². The number of hydrogen-bond donors (Lipinski definition) is 2. The van der Waals surface area contributed by atoms with Gasteiger partial charge in [-0.15, -0.1) is 0 Å². The van der Waals surface area contributed by atoms with Gasteiger partial charge in [0.15, 0.2) is 0 Å². The van der Waals surface area contributed by atoms with Crippen molar-refractivity contribution in [1.29, 1.82) is 0 Å². The molecule has 1 aliphatic rings. The summed E-state index contributed by atoms with van der Waals surface area (Å²) in [4.78, 5) is 38.7. The third-order valence-corrected chi connectivity index (χ3v) is 5.42. The van der Waals surface area contributed by atoms with E-state index in [0.29, 0.717) is 37.9 Å². The zero-order valence-corrected chi connectivity index (χ0v) is 17.9. The minimum Gasteiger partial charge on any atom is -0.351 e. The molecular weight excluding hydrogens is 397 g/mol. The van der Waals surface area contributed by atoms with Gasteiger partial charge in [-0.05, 0) is 43.5 Å². The first-order valence-electron chi connectivity index (χ1n) is 10.5. The summed E-state index contributed by atoms with van der Waals surface area (Å²) in [7, 11) is 0. The van der Waals surface area contributed by atoms with Gasteiger partial charge in [-0.2, -0.15) is 0 Å². The van der Waals surface area contributed by atoms with Gasteiger partial charge in [0.1, 0.15) is 11.9 Å². The summed E-state index contributed by atoms with van der Waals surface area (Å²) in [6.07, 6.45) is 1.61. The van der Waals surface area contributed by atoms with Crippen LogP contribution in [0, 0.1) is 12.7 Å². The number of carbonyl (C=O) groups is 3. The lowest BCUT2D eigenvalue weighted by Crippen LogP contribution is -2.53. The molecule has 2 aromatic carbocycles. The number of hydrogen-bond acceptors (Lipinski definition) is 3. The number of nitrogens with one attached hydrogen (secondary N) is 2. The number of halogens is 1. The highest BCUT2D eigenvalue weighted by molar-refractivity contribution is 5.94. The Bertz CT molecular complexity index is 955. The van der Waals surface area contributed by atoms with Crippen molar-refractivity contribution in [2.75, 3.05) is 13.1 Å². The minimum absolute atomic E-state index is 0.0853. The standard InChI is InChI=1S/C24H28FN3O3/c1-16-5-3-6-18(13-16)14-22(26-17(2)29)23(30)27-21-9-11-28(12-10-21)24(31)19-7-4-8-20(25)15-19/h3-8,13,15,21-22H,9-12,14H2,1-2H3,(H,26,29)(H,27,30). The normalized spacial score (nSPS) is 15.3. The quantitative estimate of drug-likeness (QED) is 0.747. The molecular formula is C24H28FN3O3. The minimum atomic E-state index is -0.661. The van der Waals surface area contributed by atoms with E-state index in [2.05, 4.69) is 10.6 Å². The lowest BCUT2D eigenvalue weighted by atomic mass is 10.0. The smallest absolute Gasteiger partial charge is 0.253 e. The Kier molecular flexibility index (Phi) is 7.39. The molecule has 1 unspecified atom stereocenters. The molecule has 3 amide bonds. The van der Waals surface area contributed by atoms with Gasteiger partial charge in [0.25, 0.3) is 5.91 Å². The molecule has 3 rings (SSSR count).